The second-order valence-electron chi connectivity index (χ2n) is 11.5. The number of aliphatic hydroxyl groups is 1. The molecular formula is C34H43N3O5. The van der Waals surface area contributed by atoms with Crippen molar-refractivity contribution in [3.05, 3.63) is 76.3 Å². The molecule has 3 aliphatic heterocycles. The minimum absolute atomic E-state index is 0.260. The lowest BCUT2D eigenvalue weighted by Crippen LogP contribution is -2.49. The first-order valence-electron chi connectivity index (χ1n) is 15.0. The van der Waals surface area contributed by atoms with E-state index in [-0.39, 0.29) is 5.92 Å². The third kappa shape index (κ3) is 6.61. The number of anilines is 1. The molecule has 8 heteroatoms. The van der Waals surface area contributed by atoms with Gasteiger partial charge in [-0.1, -0.05) is 30.3 Å². The third-order valence-corrected chi connectivity index (χ3v) is 8.85. The van der Waals surface area contributed by atoms with E-state index in [4.69, 9.17) is 19.6 Å². The summed E-state index contributed by atoms with van der Waals surface area (Å²) in [6, 6.07) is 17.5. The van der Waals surface area contributed by atoms with Gasteiger partial charge in [0.2, 0.25) is 0 Å². The Morgan fingerprint density at radius 3 is 2.43 bits per heavy atom. The average molecular weight is 574 g/mol. The molecule has 2 aromatic carbocycles. The van der Waals surface area contributed by atoms with Crippen LogP contribution in [0.15, 0.2) is 48.5 Å². The van der Waals surface area contributed by atoms with E-state index < -0.39 is 5.97 Å². The number of pyridine rings is 1. The number of rotatable bonds is 7. The van der Waals surface area contributed by atoms with E-state index in [1.807, 2.05) is 18.2 Å². The van der Waals surface area contributed by atoms with Crippen LogP contribution < -0.4 is 9.64 Å². The molecule has 0 unspecified atom stereocenters. The Hall–Kier alpha value is -3.46. The minimum Gasteiger partial charge on any atom is -0.488 e. The molecule has 224 valence electrons. The van der Waals surface area contributed by atoms with E-state index in [9.17, 15) is 9.90 Å². The Labute approximate surface area is 248 Å². The second kappa shape index (κ2) is 13.7. The summed E-state index contributed by atoms with van der Waals surface area (Å²) >= 11 is 0. The van der Waals surface area contributed by atoms with Crippen LogP contribution in [0.5, 0.6) is 5.75 Å². The molecule has 1 aromatic heterocycles. The largest absolute Gasteiger partial charge is 0.488 e. The number of aliphatic carboxylic acids is 1. The zero-order valence-corrected chi connectivity index (χ0v) is 25.0. The van der Waals surface area contributed by atoms with Gasteiger partial charge in [0.05, 0.1) is 30.9 Å². The molecule has 2 saturated heterocycles. The van der Waals surface area contributed by atoms with Gasteiger partial charge in [-0.25, -0.2) is 4.98 Å². The van der Waals surface area contributed by atoms with Crippen LogP contribution in [0.2, 0.25) is 0 Å². The van der Waals surface area contributed by atoms with E-state index in [2.05, 4.69) is 54.0 Å². The van der Waals surface area contributed by atoms with Crippen LogP contribution in [0.1, 0.15) is 40.7 Å². The lowest BCUT2D eigenvalue weighted by atomic mass is 9.95. The van der Waals surface area contributed by atoms with Gasteiger partial charge in [0.15, 0.2) is 0 Å². The molecule has 0 radical (unpaired) electrons. The van der Waals surface area contributed by atoms with Gasteiger partial charge in [-0.15, -0.1) is 0 Å². The number of hydrogen-bond acceptors (Lipinski definition) is 7. The number of piperidine rings is 1. The van der Waals surface area contributed by atoms with Crippen LogP contribution in [-0.4, -0.2) is 78.6 Å². The molecule has 2 fully saturated rings. The second-order valence-corrected chi connectivity index (χ2v) is 11.5. The molecule has 0 bridgehead atoms. The van der Waals surface area contributed by atoms with Crippen LogP contribution in [-0.2, 0) is 29.0 Å². The topological polar surface area (TPSA) is 95.4 Å². The van der Waals surface area contributed by atoms with Crippen LogP contribution in [0.4, 0.5) is 5.82 Å². The van der Waals surface area contributed by atoms with E-state index in [0.717, 1.165) is 74.6 Å². The normalized spacial score (nSPS) is 17.9. The van der Waals surface area contributed by atoms with Gasteiger partial charge in [0.1, 0.15) is 18.2 Å². The summed E-state index contributed by atoms with van der Waals surface area (Å²) in [5.41, 5.74) is 8.44. The van der Waals surface area contributed by atoms with Crippen molar-refractivity contribution in [1.82, 2.24) is 9.88 Å². The summed E-state index contributed by atoms with van der Waals surface area (Å²) in [5.74, 6) is 0.792. The quantitative estimate of drug-likeness (QED) is 0.422. The van der Waals surface area contributed by atoms with E-state index in [1.54, 1.807) is 0 Å². The van der Waals surface area contributed by atoms with Crippen LogP contribution in [0, 0.1) is 19.8 Å². The number of benzene rings is 2. The highest BCUT2D eigenvalue weighted by atomic mass is 16.5. The number of aryl methyl sites for hydroxylation is 2. The lowest BCUT2D eigenvalue weighted by molar-refractivity contribution is -0.142. The summed E-state index contributed by atoms with van der Waals surface area (Å²) in [4.78, 5) is 21.1. The van der Waals surface area contributed by atoms with E-state index in [0.29, 0.717) is 38.6 Å². The first-order valence-corrected chi connectivity index (χ1v) is 15.0. The molecule has 3 aliphatic rings. The van der Waals surface area contributed by atoms with Crippen molar-refractivity contribution in [3.8, 4) is 17.0 Å². The van der Waals surface area contributed by atoms with Crippen molar-refractivity contribution in [1.29, 1.82) is 0 Å². The molecule has 42 heavy (non-hydrogen) atoms. The highest BCUT2D eigenvalue weighted by molar-refractivity contribution is 5.71. The summed E-state index contributed by atoms with van der Waals surface area (Å²) < 4.78 is 12.0. The highest BCUT2D eigenvalue weighted by Crippen LogP contribution is 2.34. The number of ether oxygens (including phenoxy) is 2. The Morgan fingerprint density at radius 2 is 1.71 bits per heavy atom. The lowest BCUT2D eigenvalue weighted by Gasteiger charge is -2.36. The van der Waals surface area contributed by atoms with Gasteiger partial charge < -0.3 is 24.6 Å². The molecule has 0 aliphatic carbocycles. The van der Waals surface area contributed by atoms with Crippen molar-refractivity contribution in [2.45, 2.75) is 52.2 Å². The maximum Gasteiger partial charge on any atom is 0.306 e. The smallest absolute Gasteiger partial charge is 0.306 e. The average Bonchev–Trinajstić information content (AvgIpc) is 3.20. The first-order chi connectivity index (χ1) is 20.5. The van der Waals surface area contributed by atoms with Gasteiger partial charge >= 0.3 is 5.97 Å². The van der Waals surface area contributed by atoms with Gasteiger partial charge in [-0.2, -0.15) is 0 Å². The zero-order chi connectivity index (χ0) is 29.6. The molecule has 3 aromatic rings. The monoisotopic (exact) mass is 573 g/mol. The van der Waals surface area contributed by atoms with Crippen molar-refractivity contribution in [2.75, 3.05) is 51.4 Å². The van der Waals surface area contributed by atoms with Gasteiger partial charge in [0.25, 0.3) is 0 Å². The van der Waals surface area contributed by atoms with Crippen molar-refractivity contribution in [3.63, 3.8) is 0 Å². The number of hydrogen-bond donors (Lipinski definition) is 2. The van der Waals surface area contributed by atoms with Gasteiger partial charge in [-0.05, 0) is 85.5 Å². The molecular weight excluding hydrogens is 530 g/mol. The van der Waals surface area contributed by atoms with Crippen LogP contribution in [0.25, 0.3) is 11.3 Å². The Kier molecular flexibility index (Phi) is 9.77. The fourth-order valence-electron chi connectivity index (χ4n) is 6.37. The summed E-state index contributed by atoms with van der Waals surface area (Å²) in [7, 11) is 1.00. The molecule has 0 atom stereocenters. The Morgan fingerprint density at radius 1 is 0.976 bits per heavy atom. The number of carboxylic acids is 1. The molecule has 8 nitrogen and oxygen atoms in total. The summed E-state index contributed by atoms with van der Waals surface area (Å²) in [6.45, 7) is 10.2. The molecule has 0 saturated carbocycles. The van der Waals surface area contributed by atoms with Crippen molar-refractivity contribution in [2.24, 2.45) is 5.92 Å². The van der Waals surface area contributed by atoms with Gasteiger partial charge in [0, 0.05) is 38.9 Å². The number of carbonyl (C=O) groups is 1. The first kappa shape index (κ1) is 30.0. The summed E-state index contributed by atoms with van der Waals surface area (Å²) in [5, 5.41) is 16.4. The molecule has 6 rings (SSSR count). The molecule has 2 N–H and O–H groups in total. The number of fused-ring (bicyclic) bond motifs is 1. The van der Waals surface area contributed by atoms with E-state index >= 15 is 0 Å². The number of para-hydroxylation sites is 1. The highest BCUT2D eigenvalue weighted by Gasteiger charge is 2.28. The Bertz CT molecular complexity index is 1380. The molecule has 0 amide bonds. The fraction of sp³-hybridized carbons (Fsp3) is 0.471. The number of carboxylic acid groups (broad SMARTS) is 1. The number of nitrogens with zero attached hydrogens (tertiary/aromatic N) is 3. The maximum absolute atomic E-state index is 11.4. The van der Waals surface area contributed by atoms with Gasteiger partial charge in [-0.3, -0.25) is 9.69 Å². The molecule has 0 spiro atoms. The van der Waals surface area contributed by atoms with Crippen molar-refractivity contribution >= 4 is 11.8 Å². The fourth-order valence-corrected chi connectivity index (χ4v) is 6.37. The minimum atomic E-state index is -0.696. The number of aliphatic hydroxyl groups excluding tert-OH is 1. The Balaban J connectivity index is 0.00000173. The SMILES string of the molecule is CO.Cc1cc(COc2c(C)cccc2-c2cccc(N3CCC(C(=O)O)CC3)n2)cc2c1CCN(C1COC1)CC2. The van der Waals surface area contributed by atoms with Crippen LogP contribution >= 0.6 is 0 Å². The molecule has 4 heterocycles. The standard InChI is InChI=1S/C33H39N3O4.CH4O/c1-22-5-3-6-29(30-7-4-8-31(34-30)36-14-9-25(10-15-36)33(37)38)32(22)40-19-24-17-23(2)28-12-16-35(27-20-39-21-27)13-11-26(28)18-24;1-2/h3-8,17-18,25,27H,9-16,19-21H2,1-2H3,(H,37,38);2H,1H3. The predicted molar refractivity (Wildman–Crippen MR) is 164 cm³/mol. The third-order valence-electron chi connectivity index (χ3n) is 8.85. The number of aromatic nitrogens is 1. The van der Waals surface area contributed by atoms with Crippen LogP contribution in [0.3, 0.4) is 0 Å². The van der Waals surface area contributed by atoms with Crippen molar-refractivity contribution < 1.29 is 24.5 Å². The maximum atomic E-state index is 11.4. The zero-order valence-electron chi connectivity index (χ0n) is 25.0. The van der Waals surface area contributed by atoms with E-state index in [1.165, 1.54) is 22.3 Å². The predicted octanol–water partition coefficient (Wildman–Crippen LogP) is 4.65. The summed E-state index contributed by atoms with van der Waals surface area (Å²) in [6.07, 6.45) is 3.45.